The summed E-state index contributed by atoms with van der Waals surface area (Å²) >= 11 is 0. The van der Waals surface area contributed by atoms with Gasteiger partial charge in [-0.1, -0.05) is 0 Å². The van der Waals surface area contributed by atoms with E-state index in [2.05, 4.69) is 0 Å². The summed E-state index contributed by atoms with van der Waals surface area (Å²) in [7, 11) is 0. The summed E-state index contributed by atoms with van der Waals surface area (Å²) < 4.78 is 13.1. The van der Waals surface area contributed by atoms with E-state index in [0.717, 1.165) is 19.1 Å². The van der Waals surface area contributed by atoms with E-state index in [1.165, 1.54) is 6.07 Å². The highest BCUT2D eigenvalue weighted by Crippen LogP contribution is 2.24. The first kappa shape index (κ1) is 10.8. The molecule has 0 fully saturated rings. The average molecular weight is 208 g/mol. The van der Waals surface area contributed by atoms with E-state index >= 15 is 0 Å². The molecule has 0 aliphatic carbocycles. The lowest BCUT2D eigenvalue weighted by molar-refractivity contribution is -0.385. The van der Waals surface area contributed by atoms with Gasteiger partial charge in [0.25, 0.3) is 5.69 Å². The normalized spacial score (nSPS) is 9.40. The number of carbonyl (C=O) groups excluding carboxylic acids is 1. The SMILES string of the molecule is CC(=O)c1c([N+](=O)[O-])ccc(F)c1C#N. The Morgan fingerprint density at radius 1 is 1.60 bits per heavy atom. The van der Waals surface area contributed by atoms with Gasteiger partial charge < -0.3 is 0 Å². The van der Waals surface area contributed by atoms with Crippen LogP contribution in [0.3, 0.4) is 0 Å². The molecule has 0 spiro atoms. The lowest BCUT2D eigenvalue weighted by Gasteiger charge is -2.01. The lowest BCUT2D eigenvalue weighted by atomic mass is 10.0. The number of rotatable bonds is 2. The molecule has 1 aromatic carbocycles. The maximum absolute atomic E-state index is 13.1. The molecule has 15 heavy (non-hydrogen) atoms. The Hall–Kier alpha value is -2.29. The molecule has 0 aliphatic rings. The van der Waals surface area contributed by atoms with Crippen LogP contribution in [0, 0.1) is 27.3 Å². The Morgan fingerprint density at radius 2 is 2.20 bits per heavy atom. The third-order valence-electron chi connectivity index (χ3n) is 1.79. The molecule has 0 saturated heterocycles. The van der Waals surface area contributed by atoms with E-state index in [0.29, 0.717) is 0 Å². The van der Waals surface area contributed by atoms with Crippen LogP contribution in [0.4, 0.5) is 10.1 Å². The molecule has 0 heterocycles. The van der Waals surface area contributed by atoms with Crippen molar-refractivity contribution >= 4 is 11.5 Å². The number of nitrogens with zero attached hydrogens (tertiary/aromatic N) is 2. The number of benzene rings is 1. The van der Waals surface area contributed by atoms with Gasteiger partial charge in [0.15, 0.2) is 5.78 Å². The van der Waals surface area contributed by atoms with E-state index < -0.39 is 33.3 Å². The topological polar surface area (TPSA) is 84.0 Å². The van der Waals surface area contributed by atoms with Crippen molar-refractivity contribution in [1.29, 1.82) is 5.26 Å². The van der Waals surface area contributed by atoms with Crippen LogP contribution in [0.25, 0.3) is 0 Å². The van der Waals surface area contributed by atoms with Crippen molar-refractivity contribution in [3.05, 3.63) is 39.2 Å². The van der Waals surface area contributed by atoms with Crippen LogP contribution in [-0.4, -0.2) is 10.7 Å². The van der Waals surface area contributed by atoms with Crippen molar-refractivity contribution in [2.45, 2.75) is 6.92 Å². The highest BCUT2D eigenvalue weighted by atomic mass is 19.1. The second kappa shape index (κ2) is 3.84. The molecule has 6 heteroatoms. The van der Waals surface area contributed by atoms with Crippen LogP contribution in [-0.2, 0) is 0 Å². The Morgan fingerprint density at radius 3 is 2.60 bits per heavy atom. The predicted octanol–water partition coefficient (Wildman–Crippen LogP) is 1.81. The smallest absolute Gasteiger partial charge is 0.281 e. The van der Waals surface area contributed by atoms with Gasteiger partial charge in [0, 0.05) is 6.07 Å². The first-order valence-electron chi connectivity index (χ1n) is 3.87. The minimum Gasteiger partial charge on any atom is -0.294 e. The van der Waals surface area contributed by atoms with Crippen LogP contribution in [0.1, 0.15) is 22.8 Å². The number of hydrogen-bond donors (Lipinski definition) is 0. The highest BCUT2D eigenvalue weighted by molar-refractivity contribution is 6.00. The summed E-state index contributed by atoms with van der Waals surface area (Å²) in [6, 6.07) is 3.10. The van der Waals surface area contributed by atoms with Crippen LogP contribution in [0.15, 0.2) is 12.1 Å². The number of carbonyl (C=O) groups is 1. The Kier molecular flexibility index (Phi) is 2.76. The van der Waals surface area contributed by atoms with Crippen molar-refractivity contribution in [2.24, 2.45) is 0 Å². The first-order valence-corrected chi connectivity index (χ1v) is 3.87. The molecule has 1 aromatic rings. The van der Waals surface area contributed by atoms with Crippen molar-refractivity contribution in [3.63, 3.8) is 0 Å². The minimum absolute atomic E-state index is 0.484. The predicted molar refractivity (Wildman–Crippen MR) is 47.8 cm³/mol. The van der Waals surface area contributed by atoms with Gasteiger partial charge in [0.2, 0.25) is 0 Å². The van der Waals surface area contributed by atoms with Gasteiger partial charge in [-0.2, -0.15) is 5.26 Å². The summed E-state index contributed by atoms with van der Waals surface area (Å²) in [5.74, 6) is -1.65. The summed E-state index contributed by atoms with van der Waals surface area (Å²) in [5.41, 5.74) is -1.63. The molecule has 5 nitrogen and oxygen atoms in total. The van der Waals surface area contributed by atoms with Crippen molar-refractivity contribution in [3.8, 4) is 6.07 Å². The highest BCUT2D eigenvalue weighted by Gasteiger charge is 2.24. The molecule has 0 amide bonds. The molecule has 0 aromatic heterocycles. The van der Waals surface area contributed by atoms with Gasteiger partial charge in [-0.05, 0) is 13.0 Å². The molecular formula is C9H5FN2O3. The van der Waals surface area contributed by atoms with E-state index in [1.54, 1.807) is 0 Å². The van der Waals surface area contributed by atoms with Gasteiger partial charge in [0.1, 0.15) is 23.0 Å². The molecule has 76 valence electrons. The largest absolute Gasteiger partial charge is 0.294 e. The van der Waals surface area contributed by atoms with Crippen LogP contribution in [0.2, 0.25) is 0 Å². The fourth-order valence-electron chi connectivity index (χ4n) is 1.18. The van der Waals surface area contributed by atoms with Crippen molar-refractivity contribution in [2.75, 3.05) is 0 Å². The molecular weight excluding hydrogens is 203 g/mol. The molecule has 0 saturated carbocycles. The van der Waals surface area contributed by atoms with Gasteiger partial charge in [0.05, 0.1) is 4.92 Å². The molecule has 0 radical (unpaired) electrons. The molecule has 0 unspecified atom stereocenters. The molecule has 0 aliphatic heterocycles. The number of hydrogen-bond acceptors (Lipinski definition) is 4. The molecule has 0 N–H and O–H groups in total. The minimum atomic E-state index is -0.937. The van der Waals surface area contributed by atoms with Crippen LogP contribution < -0.4 is 0 Å². The molecule has 1 rings (SSSR count). The zero-order valence-electron chi connectivity index (χ0n) is 7.65. The third-order valence-corrected chi connectivity index (χ3v) is 1.79. The van der Waals surface area contributed by atoms with E-state index in [4.69, 9.17) is 5.26 Å². The standard InChI is InChI=1S/C9H5FN2O3/c1-5(13)9-6(4-11)7(10)2-3-8(9)12(14)15/h2-3H,1H3. The summed E-state index contributed by atoms with van der Waals surface area (Å²) in [6.45, 7) is 1.04. The Bertz CT molecular complexity index is 491. The summed E-state index contributed by atoms with van der Waals surface area (Å²) in [6.07, 6.45) is 0. The van der Waals surface area contributed by atoms with Gasteiger partial charge in [-0.15, -0.1) is 0 Å². The van der Waals surface area contributed by atoms with Gasteiger partial charge in [-0.25, -0.2) is 4.39 Å². The third kappa shape index (κ3) is 1.81. The Labute approximate surface area is 83.9 Å². The Balaban J connectivity index is 3.66. The number of nitriles is 1. The number of Topliss-reactive ketones (excluding diaryl/α,β-unsaturated/α-hetero) is 1. The monoisotopic (exact) mass is 208 g/mol. The number of nitro groups is 1. The molecule has 0 atom stereocenters. The van der Waals surface area contributed by atoms with Gasteiger partial charge >= 0.3 is 0 Å². The summed E-state index contributed by atoms with van der Waals surface area (Å²) in [5, 5.41) is 19.1. The van der Waals surface area contributed by atoms with E-state index in [-0.39, 0.29) is 0 Å². The zero-order valence-corrected chi connectivity index (χ0v) is 7.65. The van der Waals surface area contributed by atoms with E-state index in [1.807, 2.05) is 0 Å². The quantitative estimate of drug-likeness (QED) is 0.421. The maximum atomic E-state index is 13.1. The lowest BCUT2D eigenvalue weighted by Crippen LogP contribution is -2.05. The number of nitro benzene ring substituents is 1. The van der Waals surface area contributed by atoms with Gasteiger partial charge in [-0.3, -0.25) is 14.9 Å². The number of halogens is 1. The zero-order chi connectivity index (χ0) is 11.6. The van der Waals surface area contributed by atoms with Crippen molar-refractivity contribution < 1.29 is 14.1 Å². The first-order chi connectivity index (χ1) is 6.99. The fourth-order valence-corrected chi connectivity index (χ4v) is 1.18. The van der Waals surface area contributed by atoms with E-state index in [9.17, 15) is 19.3 Å². The average Bonchev–Trinajstić information content (AvgIpc) is 2.16. The van der Waals surface area contributed by atoms with Crippen LogP contribution >= 0.6 is 0 Å². The number of ketones is 1. The van der Waals surface area contributed by atoms with Crippen LogP contribution in [0.5, 0.6) is 0 Å². The second-order valence-corrected chi connectivity index (χ2v) is 2.74. The van der Waals surface area contributed by atoms with Crippen molar-refractivity contribution in [1.82, 2.24) is 0 Å². The maximum Gasteiger partial charge on any atom is 0.281 e. The summed E-state index contributed by atoms with van der Waals surface area (Å²) in [4.78, 5) is 20.8. The molecule has 0 bridgehead atoms. The second-order valence-electron chi connectivity index (χ2n) is 2.74. The fraction of sp³-hybridized carbons (Fsp3) is 0.111.